The number of hydrogen-bond acceptors (Lipinski definition) is 6. The lowest BCUT2D eigenvalue weighted by Gasteiger charge is -2.33. The molecule has 1 atom stereocenters. The van der Waals surface area contributed by atoms with Gasteiger partial charge in [-0.1, -0.05) is 39.4 Å². The number of anilines is 1. The van der Waals surface area contributed by atoms with E-state index in [0.29, 0.717) is 31.1 Å². The molecule has 2 aromatic carbocycles. The Morgan fingerprint density at radius 3 is 2.69 bits per heavy atom. The highest BCUT2D eigenvalue weighted by atomic mass is 79.9. The zero-order chi connectivity index (χ0) is 24.6. The molecule has 11 heteroatoms. The van der Waals surface area contributed by atoms with Crippen LogP contribution in [0.3, 0.4) is 0 Å². The van der Waals surface area contributed by atoms with E-state index in [-0.39, 0.29) is 35.9 Å². The molecule has 5 rings (SSSR count). The summed E-state index contributed by atoms with van der Waals surface area (Å²) < 4.78 is 49.1. The predicted molar refractivity (Wildman–Crippen MR) is 137 cm³/mol. The van der Waals surface area contributed by atoms with Gasteiger partial charge in [-0.2, -0.15) is 4.31 Å². The Hall–Kier alpha value is -1.92. The zero-order valence-corrected chi connectivity index (χ0v) is 22.1. The molecule has 0 aliphatic carbocycles. The number of carbonyl (C=O) groups is 1. The largest absolute Gasteiger partial charge is 0.376 e. The second-order valence-electron chi connectivity index (χ2n) is 8.80. The summed E-state index contributed by atoms with van der Waals surface area (Å²) >= 11 is 4.94. The smallest absolute Gasteiger partial charge is 0.245 e. The number of fused-ring (bicyclic) bond motifs is 1. The Balaban J connectivity index is 1.34. The molecule has 2 aliphatic heterocycles. The Morgan fingerprint density at radius 2 is 1.97 bits per heavy atom. The number of rotatable bonds is 6. The zero-order valence-electron chi connectivity index (χ0n) is 18.9. The molecule has 0 radical (unpaired) electrons. The maximum atomic E-state index is 14.2. The molecule has 7 nitrogen and oxygen atoms in total. The van der Waals surface area contributed by atoms with Gasteiger partial charge in [-0.05, 0) is 56.0 Å². The number of halogens is 2. The number of thiazole rings is 1. The SMILES string of the molecule is O=C(C1CCN(S(=O)(=O)c2ccccc2F)CC1)N(CC1CCCO1)c1nc2ccc(Br)cc2s1. The van der Waals surface area contributed by atoms with Gasteiger partial charge in [-0.3, -0.25) is 9.69 Å². The number of amides is 1. The highest BCUT2D eigenvalue weighted by molar-refractivity contribution is 9.10. The van der Waals surface area contributed by atoms with Crippen LogP contribution in [0.25, 0.3) is 10.2 Å². The quantitative estimate of drug-likeness (QED) is 0.417. The van der Waals surface area contributed by atoms with Gasteiger partial charge in [0.15, 0.2) is 5.13 Å². The summed E-state index contributed by atoms with van der Waals surface area (Å²) in [5, 5.41) is 0.625. The van der Waals surface area contributed by atoms with E-state index in [0.717, 1.165) is 33.6 Å². The average Bonchev–Trinajstić information content (AvgIpc) is 3.52. The van der Waals surface area contributed by atoms with Crippen LogP contribution in [-0.2, 0) is 19.6 Å². The lowest BCUT2D eigenvalue weighted by Crippen LogP contribution is -2.46. The van der Waals surface area contributed by atoms with Crippen molar-refractivity contribution in [1.29, 1.82) is 0 Å². The first-order chi connectivity index (χ1) is 16.8. The van der Waals surface area contributed by atoms with Crippen LogP contribution < -0.4 is 4.90 Å². The molecule has 3 heterocycles. The lowest BCUT2D eigenvalue weighted by atomic mass is 9.96. The molecule has 3 aromatic rings. The molecule has 2 aliphatic rings. The molecule has 0 bridgehead atoms. The Labute approximate surface area is 216 Å². The van der Waals surface area contributed by atoms with Gasteiger partial charge >= 0.3 is 0 Å². The first kappa shape index (κ1) is 24.8. The second kappa shape index (κ2) is 10.2. The number of ether oxygens (including phenoxy) is 1. The van der Waals surface area contributed by atoms with Crippen molar-refractivity contribution in [2.75, 3.05) is 31.1 Å². The van der Waals surface area contributed by atoms with Crippen molar-refractivity contribution >= 4 is 58.5 Å². The van der Waals surface area contributed by atoms with Crippen molar-refractivity contribution in [3.05, 3.63) is 52.8 Å². The van der Waals surface area contributed by atoms with Crippen molar-refractivity contribution in [3.8, 4) is 0 Å². The molecular weight excluding hydrogens is 557 g/mol. The van der Waals surface area contributed by atoms with Gasteiger partial charge in [-0.25, -0.2) is 17.8 Å². The number of piperidine rings is 1. The van der Waals surface area contributed by atoms with Crippen LogP contribution >= 0.6 is 27.3 Å². The average molecular weight is 583 g/mol. The van der Waals surface area contributed by atoms with Crippen LogP contribution in [-0.4, -0.2) is 56.0 Å². The van der Waals surface area contributed by atoms with E-state index in [4.69, 9.17) is 9.72 Å². The maximum Gasteiger partial charge on any atom is 0.245 e. The Morgan fingerprint density at radius 1 is 1.20 bits per heavy atom. The molecule has 0 N–H and O–H groups in total. The summed E-state index contributed by atoms with van der Waals surface area (Å²) in [7, 11) is -3.96. The minimum absolute atomic E-state index is 0.0424. The predicted octanol–water partition coefficient (Wildman–Crippen LogP) is 4.81. The van der Waals surface area contributed by atoms with E-state index in [1.165, 1.54) is 33.8 Å². The molecule has 0 saturated carbocycles. The van der Waals surface area contributed by atoms with Gasteiger partial charge in [0.05, 0.1) is 22.9 Å². The number of nitrogens with zero attached hydrogens (tertiary/aromatic N) is 3. The highest BCUT2D eigenvalue weighted by Gasteiger charge is 2.36. The van der Waals surface area contributed by atoms with Gasteiger partial charge in [0.1, 0.15) is 10.7 Å². The molecule has 2 saturated heterocycles. The molecule has 35 heavy (non-hydrogen) atoms. The van der Waals surface area contributed by atoms with E-state index in [2.05, 4.69) is 15.9 Å². The molecular formula is C24H25BrFN3O4S2. The van der Waals surface area contributed by atoms with Crippen molar-refractivity contribution in [1.82, 2.24) is 9.29 Å². The van der Waals surface area contributed by atoms with Crippen molar-refractivity contribution in [3.63, 3.8) is 0 Å². The molecule has 1 aromatic heterocycles. The number of carbonyl (C=O) groups excluding carboxylic acids is 1. The fraction of sp³-hybridized carbons (Fsp3) is 0.417. The third-order valence-corrected chi connectivity index (χ3v) is 9.97. The highest BCUT2D eigenvalue weighted by Crippen LogP contribution is 2.34. The van der Waals surface area contributed by atoms with Crippen LogP contribution in [0, 0.1) is 11.7 Å². The summed E-state index contributed by atoms with van der Waals surface area (Å²) in [5.74, 6) is -1.18. The van der Waals surface area contributed by atoms with Crippen molar-refractivity contribution in [2.45, 2.75) is 36.7 Å². The van der Waals surface area contributed by atoms with E-state index in [1.54, 1.807) is 4.90 Å². The van der Waals surface area contributed by atoms with Crippen LogP contribution in [0.4, 0.5) is 9.52 Å². The van der Waals surface area contributed by atoms with Gasteiger partial charge in [0, 0.05) is 30.1 Å². The summed E-state index contributed by atoms with van der Waals surface area (Å²) in [4.78, 5) is 19.8. The van der Waals surface area contributed by atoms with E-state index in [9.17, 15) is 17.6 Å². The normalized spacial score (nSPS) is 19.9. The topological polar surface area (TPSA) is 79.8 Å². The second-order valence-corrected chi connectivity index (χ2v) is 12.6. The third kappa shape index (κ3) is 5.15. The van der Waals surface area contributed by atoms with Crippen LogP contribution in [0.2, 0.25) is 0 Å². The van der Waals surface area contributed by atoms with Crippen LogP contribution in [0.15, 0.2) is 51.8 Å². The molecule has 2 fully saturated rings. The summed E-state index contributed by atoms with van der Waals surface area (Å²) in [6, 6.07) is 11.2. The molecule has 186 valence electrons. The maximum absolute atomic E-state index is 14.2. The van der Waals surface area contributed by atoms with Crippen molar-refractivity contribution in [2.24, 2.45) is 5.92 Å². The lowest BCUT2D eigenvalue weighted by molar-refractivity contribution is -0.123. The first-order valence-electron chi connectivity index (χ1n) is 11.6. The summed E-state index contributed by atoms with van der Waals surface area (Å²) in [5.41, 5.74) is 0.823. The van der Waals surface area contributed by atoms with Gasteiger partial charge in [0.25, 0.3) is 0 Å². The van der Waals surface area contributed by atoms with Gasteiger partial charge < -0.3 is 4.74 Å². The Kier molecular flexibility index (Phi) is 7.23. The molecule has 0 spiro atoms. The monoisotopic (exact) mass is 581 g/mol. The standard InChI is InChI=1S/C24H25BrFN3O4S2/c25-17-7-8-20-21(14-17)34-24(27-20)29(15-18-4-3-13-33-18)23(30)16-9-11-28(12-10-16)35(31,32)22-6-2-1-5-19(22)26/h1-2,5-8,14,16,18H,3-4,9-13,15H2. The van der Waals surface area contributed by atoms with E-state index >= 15 is 0 Å². The van der Waals surface area contributed by atoms with Crippen LogP contribution in [0.5, 0.6) is 0 Å². The number of benzene rings is 2. The summed E-state index contributed by atoms with van der Waals surface area (Å²) in [6.45, 7) is 1.43. The number of sulfonamides is 1. The molecule has 1 unspecified atom stereocenters. The molecule has 1 amide bonds. The minimum atomic E-state index is -3.96. The van der Waals surface area contributed by atoms with Gasteiger partial charge in [-0.15, -0.1) is 0 Å². The van der Waals surface area contributed by atoms with Gasteiger partial charge in [0.2, 0.25) is 15.9 Å². The minimum Gasteiger partial charge on any atom is -0.376 e. The fourth-order valence-electron chi connectivity index (χ4n) is 4.61. The number of hydrogen-bond donors (Lipinski definition) is 0. The van der Waals surface area contributed by atoms with Crippen LogP contribution in [0.1, 0.15) is 25.7 Å². The first-order valence-corrected chi connectivity index (χ1v) is 14.6. The van der Waals surface area contributed by atoms with Crippen molar-refractivity contribution < 1.29 is 22.3 Å². The van der Waals surface area contributed by atoms with E-state index in [1.807, 2.05) is 18.2 Å². The summed E-state index contributed by atoms with van der Waals surface area (Å²) in [6.07, 6.45) is 2.54. The number of aromatic nitrogens is 1. The van der Waals surface area contributed by atoms with E-state index < -0.39 is 15.8 Å². The Bertz CT molecular complexity index is 1340. The fourth-order valence-corrected chi connectivity index (χ4v) is 7.68. The third-order valence-electron chi connectivity index (χ3n) is 6.50.